The summed E-state index contributed by atoms with van der Waals surface area (Å²) in [7, 11) is 1.33. The van der Waals surface area contributed by atoms with Crippen LogP contribution < -0.4 is 10.5 Å². The van der Waals surface area contributed by atoms with Crippen LogP contribution in [0.25, 0.3) is 0 Å². The van der Waals surface area contributed by atoms with Gasteiger partial charge in [0.05, 0.1) is 7.11 Å². The molecule has 0 aliphatic heterocycles. The molecule has 15 heavy (non-hydrogen) atoms. The molecule has 0 saturated heterocycles. The molecule has 3 N–H and O–H groups in total. The molecule has 0 amide bonds. The molecule has 0 atom stereocenters. The molecule has 82 valence electrons. The molecule has 4 heteroatoms. The number of nitrogens with two attached hydrogens (primary N) is 1. The minimum Gasteiger partial charge on any atom is -0.504 e. The SMILES string of the molecule is COc1c(O)ccc(C2(N)CCC2)c1F. The maximum atomic E-state index is 13.9. The van der Waals surface area contributed by atoms with Crippen molar-refractivity contribution in [3.8, 4) is 11.5 Å². The average molecular weight is 211 g/mol. The number of phenols is 1. The molecule has 0 radical (unpaired) electrons. The Morgan fingerprint density at radius 2 is 2.13 bits per heavy atom. The number of ether oxygens (including phenoxy) is 1. The standard InChI is InChI=1S/C11H14FNO2/c1-15-10-8(14)4-3-7(9(10)12)11(13)5-2-6-11/h3-4,14H,2,5-6,13H2,1H3. The van der Waals surface area contributed by atoms with Crippen LogP contribution in [0, 0.1) is 5.82 Å². The van der Waals surface area contributed by atoms with Crippen LogP contribution in [-0.4, -0.2) is 12.2 Å². The highest BCUT2D eigenvalue weighted by molar-refractivity contribution is 5.46. The second kappa shape index (κ2) is 3.38. The van der Waals surface area contributed by atoms with Crippen LogP contribution in [0.1, 0.15) is 24.8 Å². The first-order chi connectivity index (χ1) is 7.08. The Hall–Kier alpha value is -1.29. The summed E-state index contributed by atoms with van der Waals surface area (Å²) in [5, 5.41) is 9.37. The Kier molecular flexibility index (Phi) is 2.31. The van der Waals surface area contributed by atoms with Crippen molar-refractivity contribution in [2.45, 2.75) is 24.8 Å². The third-order valence-electron chi connectivity index (χ3n) is 3.06. The van der Waals surface area contributed by atoms with Crippen LogP contribution >= 0.6 is 0 Å². The van der Waals surface area contributed by atoms with Crippen molar-refractivity contribution in [1.29, 1.82) is 0 Å². The van der Waals surface area contributed by atoms with Crippen LogP contribution in [-0.2, 0) is 5.54 Å². The van der Waals surface area contributed by atoms with Gasteiger partial charge >= 0.3 is 0 Å². The Morgan fingerprint density at radius 1 is 1.47 bits per heavy atom. The van der Waals surface area contributed by atoms with Crippen molar-refractivity contribution in [3.63, 3.8) is 0 Å². The van der Waals surface area contributed by atoms with Crippen molar-refractivity contribution >= 4 is 0 Å². The highest BCUT2D eigenvalue weighted by Crippen LogP contribution is 2.43. The van der Waals surface area contributed by atoms with E-state index in [0.717, 1.165) is 19.3 Å². The van der Waals surface area contributed by atoms with Crippen LogP contribution in [0.15, 0.2) is 12.1 Å². The van der Waals surface area contributed by atoms with E-state index in [0.29, 0.717) is 5.56 Å². The number of hydrogen-bond donors (Lipinski definition) is 2. The van der Waals surface area contributed by atoms with E-state index in [9.17, 15) is 9.50 Å². The van der Waals surface area contributed by atoms with Crippen molar-refractivity contribution in [2.24, 2.45) is 5.73 Å². The topological polar surface area (TPSA) is 55.5 Å². The summed E-state index contributed by atoms with van der Waals surface area (Å²) >= 11 is 0. The lowest BCUT2D eigenvalue weighted by Gasteiger charge is -2.38. The predicted molar refractivity (Wildman–Crippen MR) is 54.3 cm³/mol. The third-order valence-corrected chi connectivity index (χ3v) is 3.06. The number of methoxy groups -OCH3 is 1. The van der Waals surface area contributed by atoms with Gasteiger partial charge in [-0.1, -0.05) is 6.07 Å². The number of hydrogen-bond acceptors (Lipinski definition) is 3. The second-order valence-corrected chi connectivity index (χ2v) is 3.99. The molecule has 0 bridgehead atoms. The first-order valence-corrected chi connectivity index (χ1v) is 4.93. The summed E-state index contributed by atoms with van der Waals surface area (Å²) in [5.74, 6) is -0.856. The number of aromatic hydroxyl groups is 1. The molecule has 1 aromatic carbocycles. The number of rotatable bonds is 2. The van der Waals surface area contributed by atoms with Gasteiger partial charge in [0.15, 0.2) is 17.3 Å². The van der Waals surface area contributed by atoms with Gasteiger partial charge in [-0.05, 0) is 25.3 Å². The predicted octanol–water partition coefficient (Wildman–Crippen LogP) is 1.88. The molecule has 1 aliphatic rings. The number of halogens is 1. The fraction of sp³-hybridized carbons (Fsp3) is 0.455. The lowest BCUT2D eigenvalue weighted by Crippen LogP contribution is -2.44. The smallest absolute Gasteiger partial charge is 0.196 e. The maximum Gasteiger partial charge on any atom is 0.196 e. The number of phenolic OH excluding ortho intramolecular Hbond substituents is 1. The van der Waals surface area contributed by atoms with Gasteiger partial charge in [-0.2, -0.15) is 0 Å². The Labute approximate surface area is 87.7 Å². The first-order valence-electron chi connectivity index (χ1n) is 4.93. The Bertz CT molecular complexity index is 388. The van der Waals surface area contributed by atoms with Gasteiger partial charge in [-0.25, -0.2) is 4.39 Å². The molecule has 1 aliphatic carbocycles. The molecule has 0 heterocycles. The molecule has 1 aromatic rings. The third kappa shape index (κ3) is 1.45. The van der Waals surface area contributed by atoms with E-state index < -0.39 is 11.4 Å². The minimum atomic E-state index is -0.578. The quantitative estimate of drug-likeness (QED) is 0.785. The van der Waals surface area contributed by atoms with Crippen LogP contribution in [0.4, 0.5) is 4.39 Å². The first kappa shape index (κ1) is 10.2. The molecule has 1 saturated carbocycles. The minimum absolute atomic E-state index is 0.121. The van der Waals surface area contributed by atoms with Crippen molar-refractivity contribution in [2.75, 3.05) is 7.11 Å². The van der Waals surface area contributed by atoms with Crippen molar-refractivity contribution < 1.29 is 14.2 Å². The van der Waals surface area contributed by atoms with E-state index in [4.69, 9.17) is 10.5 Å². The van der Waals surface area contributed by atoms with Gasteiger partial charge < -0.3 is 15.6 Å². The van der Waals surface area contributed by atoms with E-state index in [1.807, 2.05) is 0 Å². The van der Waals surface area contributed by atoms with Gasteiger partial charge in [-0.15, -0.1) is 0 Å². The normalized spacial score (nSPS) is 18.3. The monoisotopic (exact) mass is 211 g/mol. The van der Waals surface area contributed by atoms with E-state index in [-0.39, 0.29) is 11.5 Å². The Balaban J connectivity index is 2.49. The lowest BCUT2D eigenvalue weighted by atomic mass is 9.72. The van der Waals surface area contributed by atoms with Crippen LogP contribution in [0.5, 0.6) is 11.5 Å². The fourth-order valence-corrected chi connectivity index (χ4v) is 1.95. The maximum absolute atomic E-state index is 13.9. The second-order valence-electron chi connectivity index (χ2n) is 3.99. The molecule has 0 aromatic heterocycles. The van der Waals surface area contributed by atoms with Crippen molar-refractivity contribution in [1.82, 2.24) is 0 Å². The van der Waals surface area contributed by atoms with E-state index in [2.05, 4.69) is 0 Å². The van der Waals surface area contributed by atoms with E-state index in [1.54, 1.807) is 0 Å². The molecule has 0 spiro atoms. The lowest BCUT2D eigenvalue weighted by molar-refractivity contribution is 0.240. The molecule has 2 rings (SSSR count). The molecular formula is C11H14FNO2. The zero-order valence-corrected chi connectivity index (χ0v) is 8.59. The summed E-state index contributed by atoms with van der Waals surface area (Å²) in [6, 6.07) is 2.95. The zero-order valence-electron chi connectivity index (χ0n) is 8.59. The summed E-state index contributed by atoms with van der Waals surface area (Å²) in [6.07, 6.45) is 2.56. The summed E-state index contributed by atoms with van der Waals surface area (Å²) in [4.78, 5) is 0. The van der Waals surface area contributed by atoms with Gasteiger partial charge in [-0.3, -0.25) is 0 Å². The number of benzene rings is 1. The average Bonchev–Trinajstić information content (AvgIpc) is 2.15. The largest absolute Gasteiger partial charge is 0.504 e. The van der Waals surface area contributed by atoms with Gasteiger partial charge in [0.2, 0.25) is 0 Å². The van der Waals surface area contributed by atoms with Gasteiger partial charge in [0, 0.05) is 11.1 Å². The molecule has 1 fully saturated rings. The van der Waals surface area contributed by atoms with E-state index >= 15 is 0 Å². The van der Waals surface area contributed by atoms with Crippen molar-refractivity contribution in [3.05, 3.63) is 23.5 Å². The summed E-state index contributed by atoms with van der Waals surface area (Å²) < 4.78 is 18.7. The van der Waals surface area contributed by atoms with E-state index in [1.165, 1.54) is 19.2 Å². The fourth-order valence-electron chi connectivity index (χ4n) is 1.95. The summed E-state index contributed by atoms with van der Waals surface area (Å²) in [6.45, 7) is 0. The zero-order chi connectivity index (χ0) is 11.1. The molecular weight excluding hydrogens is 197 g/mol. The highest BCUT2D eigenvalue weighted by atomic mass is 19.1. The van der Waals surface area contributed by atoms with Crippen LogP contribution in [0.3, 0.4) is 0 Å². The van der Waals surface area contributed by atoms with Gasteiger partial charge in [0.1, 0.15) is 0 Å². The van der Waals surface area contributed by atoms with Crippen LogP contribution in [0.2, 0.25) is 0 Å². The Morgan fingerprint density at radius 3 is 2.60 bits per heavy atom. The summed E-state index contributed by atoms with van der Waals surface area (Å²) in [5.41, 5.74) is 5.88. The molecule has 0 unspecified atom stereocenters. The highest BCUT2D eigenvalue weighted by Gasteiger charge is 2.37. The molecule has 3 nitrogen and oxygen atoms in total. The van der Waals surface area contributed by atoms with Gasteiger partial charge in [0.25, 0.3) is 0 Å².